The van der Waals surface area contributed by atoms with Crippen LogP contribution in [0.4, 0.5) is 0 Å². The smallest absolute Gasteiger partial charge is 0.123 e. The zero-order valence-corrected chi connectivity index (χ0v) is 10.5. The molecular formula is C14H21NO. The lowest BCUT2D eigenvalue weighted by Crippen LogP contribution is -2.33. The number of hydrogen-bond donors (Lipinski definition) is 1. The van der Waals surface area contributed by atoms with Gasteiger partial charge in [0.25, 0.3) is 0 Å². The topological polar surface area (TPSA) is 21.3 Å². The first-order valence-corrected chi connectivity index (χ1v) is 6.12. The van der Waals surface area contributed by atoms with Crippen LogP contribution in [0, 0.1) is 0 Å². The lowest BCUT2D eigenvalue weighted by molar-refractivity contribution is 0.370. The first-order valence-electron chi connectivity index (χ1n) is 6.12. The van der Waals surface area contributed by atoms with E-state index in [-0.39, 0.29) is 5.54 Å². The van der Waals surface area contributed by atoms with Gasteiger partial charge in [-0.2, -0.15) is 0 Å². The maximum Gasteiger partial charge on any atom is 0.123 e. The summed E-state index contributed by atoms with van der Waals surface area (Å²) in [5, 5.41) is 3.60. The zero-order valence-electron chi connectivity index (χ0n) is 10.5. The van der Waals surface area contributed by atoms with Gasteiger partial charge < -0.3 is 10.1 Å². The molecular weight excluding hydrogens is 198 g/mol. The summed E-state index contributed by atoms with van der Waals surface area (Å²) < 4.78 is 5.48. The van der Waals surface area contributed by atoms with Crippen LogP contribution in [-0.4, -0.2) is 13.7 Å². The van der Waals surface area contributed by atoms with Crippen molar-refractivity contribution in [3.05, 3.63) is 29.3 Å². The molecule has 88 valence electrons. The van der Waals surface area contributed by atoms with E-state index in [2.05, 4.69) is 37.4 Å². The fraction of sp³-hybridized carbons (Fsp3) is 0.571. The molecule has 0 aromatic heterocycles. The van der Waals surface area contributed by atoms with E-state index in [1.54, 1.807) is 7.11 Å². The Morgan fingerprint density at radius 1 is 1.44 bits per heavy atom. The van der Waals surface area contributed by atoms with Crippen molar-refractivity contribution in [2.75, 3.05) is 13.7 Å². The van der Waals surface area contributed by atoms with Crippen LogP contribution in [0.25, 0.3) is 0 Å². The summed E-state index contributed by atoms with van der Waals surface area (Å²) in [7, 11) is 1.75. The zero-order chi connectivity index (χ0) is 11.6. The Morgan fingerprint density at radius 3 is 2.81 bits per heavy atom. The van der Waals surface area contributed by atoms with Gasteiger partial charge in [-0.05, 0) is 44.4 Å². The molecule has 16 heavy (non-hydrogen) atoms. The van der Waals surface area contributed by atoms with E-state index in [1.165, 1.54) is 24.0 Å². The van der Waals surface area contributed by atoms with Crippen LogP contribution in [0.5, 0.6) is 5.75 Å². The average Bonchev–Trinajstić information content (AvgIpc) is 2.76. The lowest BCUT2D eigenvalue weighted by Gasteiger charge is -2.27. The second-order valence-electron chi connectivity index (χ2n) is 4.75. The molecule has 1 aromatic rings. The Labute approximate surface area is 98.0 Å². The molecule has 1 aliphatic heterocycles. The fourth-order valence-corrected chi connectivity index (χ4v) is 2.53. The van der Waals surface area contributed by atoms with Gasteiger partial charge in [-0.1, -0.05) is 19.1 Å². The van der Waals surface area contributed by atoms with E-state index in [0.29, 0.717) is 0 Å². The molecule has 1 heterocycles. The third kappa shape index (κ3) is 1.94. The summed E-state index contributed by atoms with van der Waals surface area (Å²) in [5.41, 5.74) is 2.79. The van der Waals surface area contributed by atoms with Crippen LogP contribution < -0.4 is 10.1 Å². The van der Waals surface area contributed by atoms with Crippen molar-refractivity contribution in [1.29, 1.82) is 0 Å². The van der Waals surface area contributed by atoms with Crippen molar-refractivity contribution in [1.82, 2.24) is 5.32 Å². The maximum absolute atomic E-state index is 5.48. The average molecular weight is 219 g/mol. The molecule has 0 saturated carbocycles. The van der Waals surface area contributed by atoms with Gasteiger partial charge in [-0.3, -0.25) is 0 Å². The second-order valence-corrected chi connectivity index (χ2v) is 4.75. The van der Waals surface area contributed by atoms with Crippen LogP contribution in [0.3, 0.4) is 0 Å². The van der Waals surface area contributed by atoms with Crippen molar-refractivity contribution in [2.24, 2.45) is 0 Å². The monoisotopic (exact) mass is 219 g/mol. The Balaban J connectivity index is 2.43. The second kappa shape index (κ2) is 4.46. The van der Waals surface area contributed by atoms with Gasteiger partial charge in [0, 0.05) is 11.1 Å². The summed E-state index contributed by atoms with van der Waals surface area (Å²) >= 11 is 0. The highest BCUT2D eigenvalue weighted by atomic mass is 16.5. The molecule has 1 aliphatic rings. The summed E-state index contributed by atoms with van der Waals surface area (Å²) in [6.07, 6.45) is 3.51. The molecule has 0 bridgehead atoms. The van der Waals surface area contributed by atoms with Gasteiger partial charge in [0.15, 0.2) is 0 Å². The van der Waals surface area contributed by atoms with E-state index in [4.69, 9.17) is 4.74 Å². The van der Waals surface area contributed by atoms with Crippen LogP contribution in [-0.2, 0) is 12.0 Å². The molecule has 0 amide bonds. The molecule has 2 rings (SSSR count). The highest BCUT2D eigenvalue weighted by molar-refractivity contribution is 5.42. The molecule has 1 atom stereocenters. The molecule has 2 heteroatoms. The number of hydrogen-bond acceptors (Lipinski definition) is 2. The SMILES string of the molecule is CCc1ccc(OC)c(C2(C)CCCN2)c1. The molecule has 1 unspecified atom stereocenters. The molecule has 0 radical (unpaired) electrons. The van der Waals surface area contributed by atoms with Crippen molar-refractivity contribution in [2.45, 2.75) is 38.6 Å². The number of aryl methyl sites for hydroxylation is 1. The third-order valence-corrected chi connectivity index (χ3v) is 3.64. The molecule has 1 aromatic carbocycles. The van der Waals surface area contributed by atoms with Crippen LogP contribution in [0.2, 0.25) is 0 Å². The summed E-state index contributed by atoms with van der Waals surface area (Å²) in [6, 6.07) is 6.54. The maximum atomic E-state index is 5.48. The van der Waals surface area contributed by atoms with Crippen molar-refractivity contribution < 1.29 is 4.74 Å². The molecule has 1 saturated heterocycles. The van der Waals surface area contributed by atoms with E-state index in [0.717, 1.165) is 18.7 Å². The molecule has 0 spiro atoms. The van der Waals surface area contributed by atoms with Crippen molar-refractivity contribution in [3.8, 4) is 5.75 Å². The first-order chi connectivity index (χ1) is 7.69. The lowest BCUT2D eigenvalue weighted by atomic mass is 9.88. The van der Waals surface area contributed by atoms with Gasteiger partial charge in [0.1, 0.15) is 5.75 Å². The predicted octanol–water partition coefficient (Wildman–Crippen LogP) is 2.86. The number of methoxy groups -OCH3 is 1. The van der Waals surface area contributed by atoms with Crippen LogP contribution in [0.15, 0.2) is 18.2 Å². The number of benzene rings is 1. The van der Waals surface area contributed by atoms with E-state index in [1.807, 2.05) is 0 Å². The number of ether oxygens (including phenoxy) is 1. The fourth-order valence-electron chi connectivity index (χ4n) is 2.53. The van der Waals surface area contributed by atoms with E-state index >= 15 is 0 Å². The number of nitrogens with one attached hydrogen (secondary N) is 1. The summed E-state index contributed by atoms with van der Waals surface area (Å²) in [4.78, 5) is 0. The van der Waals surface area contributed by atoms with Gasteiger partial charge in [-0.15, -0.1) is 0 Å². The third-order valence-electron chi connectivity index (χ3n) is 3.64. The van der Waals surface area contributed by atoms with Crippen LogP contribution in [0.1, 0.15) is 37.8 Å². The van der Waals surface area contributed by atoms with Crippen LogP contribution >= 0.6 is 0 Å². The molecule has 2 nitrogen and oxygen atoms in total. The van der Waals surface area contributed by atoms with Gasteiger partial charge >= 0.3 is 0 Å². The van der Waals surface area contributed by atoms with E-state index in [9.17, 15) is 0 Å². The minimum atomic E-state index is 0.0938. The Hall–Kier alpha value is -1.02. The minimum absolute atomic E-state index is 0.0938. The molecule has 1 fully saturated rings. The van der Waals surface area contributed by atoms with Crippen molar-refractivity contribution >= 4 is 0 Å². The van der Waals surface area contributed by atoms with Crippen molar-refractivity contribution in [3.63, 3.8) is 0 Å². The Bertz CT molecular complexity index is 367. The largest absolute Gasteiger partial charge is 0.496 e. The highest BCUT2D eigenvalue weighted by Gasteiger charge is 2.32. The quantitative estimate of drug-likeness (QED) is 0.844. The van der Waals surface area contributed by atoms with Gasteiger partial charge in [0.05, 0.1) is 7.11 Å². The minimum Gasteiger partial charge on any atom is -0.496 e. The standard InChI is InChI=1S/C14H21NO/c1-4-11-6-7-13(16-3)12(10-11)14(2)8-5-9-15-14/h6-7,10,15H,4-5,8-9H2,1-3H3. The highest BCUT2D eigenvalue weighted by Crippen LogP contribution is 2.36. The first kappa shape index (κ1) is 11.5. The molecule has 1 N–H and O–H groups in total. The summed E-state index contributed by atoms with van der Waals surface area (Å²) in [5.74, 6) is 1.01. The number of rotatable bonds is 3. The van der Waals surface area contributed by atoms with E-state index < -0.39 is 0 Å². The Kier molecular flexibility index (Phi) is 3.20. The molecule has 0 aliphatic carbocycles. The predicted molar refractivity (Wildman–Crippen MR) is 67.0 cm³/mol. The summed E-state index contributed by atoms with van der Waals surface area (Å²) in [6.45, 7) is 5.57. The van der Waals surface area contributed by atoms with Gasteiger partial charge in [0.2, 0.25) is 0 Å². The van der Waals surface area contributed by atoms with Gasteiger partial charge in [-0.25, -0.2) is 0 Å². The normalized spacial score (nSPS) is 24.7. The Morgan fingerprint density at radius 2 is 2.25 bits per heavy atom.